The van der Waals surface area contributed by atoms with Crippen molar-refractivity contribution in [2.24, 2.45) is 11.8 Å². The minimum Gasteiger partial charge on any atom is -0.355 e. The highest BCUT2D eigenvalue weighted by Gasteiger charge is 2.34. The maximum absolute atomic E-state index is 12.2. The van der Waals surface area contributed by atoms with E-state index in [1.807, 2.05) is 0 Å². The van der Waals surface area contributed by atoms with Gasteiger partial charge in [0, 0.05) is 44.2 Å². The summed E-state index contributed by atoms with van der Waals surface area (Å²) in [7, 11) is 0. The molecule has 0 bridgehead atoms. The molecule has 0 spiro atoms. The number of hydrogen-bond donors (Lipinski definition) is 2. The van der Waals surface area contributed by atoms with Gasteiger partial charge < -0.3 is 15.2 Å². The van der Waals surface area contributed by atoms with Crippen LogP contribution in [-0.4, -0.2) is 46.3 Å². The van der Waals surface area contributed by atoms with Crippen LogP contribution in [-0.2, 0) is 16.0 Å². The second-order valence-electron chi connectivity index (χ2n) is 6.46. The third-order valence-corrected chi connectivity index (χ3v) is 3.76. The Labute approximate surface area is 135 Å². The van der Waals surface area contributed by atoms with E-state index in [4.69, 9.17) is 0 Å². The van der Waals surface area contributed by atoms with E-state index in [1.165, 1.54) is 6.07 Å². The molecular formula is C16H24N4O3. The van der Waals surface area contributed by atoms with Crippen LogP contribution in [0.3, 0.4) is 0 Å². The molecule has 7 heteroatoms. The van der Waals surface area contributed by atoms with E-state index in [0.717, 1.165) is 0 Å². The number of aryl methyl sites for hydroxylation is 1. The van der Waals surface area contributed by atoms with Gasteiger partial charge in [0.25, 0.3) is 5.56 Å². The first-order valence-corrected chi connectivity index (χ1v) is 7.97. The van der Waals surface area contributed by atoms with Crippen molar-refractivity contribution in [1.29, 1.82) is 0 Å². The Morgan fingerprint density at radius 1 is 1.48 bits per heavy atom. The summed E-state index contributed by atoms with van der Waals surface area (Å²) in [5.74, 6) is 0.614. The van der Waals surface area contributed by atoms with Crippen molar-refractivity contribution in [1.82, 2.24) is 20.2 Å². The van der Waals surface area contributed by atoms with E-state index in [2.05, 4.69) is 29.1 Å². The van der Waals surface area contributed by atoms with Gasteiger partial charge in [0.05, 0.1) is 5.92 Å². The highest BCUT2D eigenvalue weighted by Crippen LogP contribution is 2.19. The summed E-state index contributed by atoms with van der Waals surface area (Å²) >= 11 is 0. The van der Waals surface area contributed by atoms with Gasteiger partial charge in [-0.3, -0.25) is 14.4 Å². The summed E-state index contributed by atoms with van der Waals surface area (Å²) in [4.78, 5) is 44.0. The molecule has 2 rings (SSSR count). The molecule has 23 heavy (non-hydrogen) atoms. The van der Waals surface area contributed by atoms with Crippen molar-refractivity contribution in [2.45, 2.75) is 33.6 Å². The van der Waals surface area contributed by atoms with Crippen molar-refractivity contribution >= 4 is 11.8 Å². The van der Waals surface area contributed by atoms with Gasteiger partial charge in [-0.1, -0.05) is 13.8 Å². The number of aromatic nitrogens is 2. The Balaban J connectivity index is 1.81. The van der Waals surface area contributed by atoms with Gasteiger partial charge >= 0.3 is 0 Å². The lowest BCUT2D eigenvalue weighted by molar-refractivity contribution is -0.129. The average Bonchev–Trinajstić information content (AvgIpc) is 2.78. The van der Waals surface area contributed by atoms with Gasteiger partial charge in [-0.2, -0.15) is 0 Å². The standard InChI is InChI=1S/C16H24N4O3/c1-10(2)8-20-9-12(6-15(20)22)16(23)17-5-4-13-7-14(21)19-11(3)18-13/h7,10,12H,4-6,8-9H2,1-3H3,(H,17,23)(H,18,19,21)/t12-/m0/s1. The van der Waals surface area contributed by atoms with Crippen LogP contribution in [0.2, 0.25) is 0 Å². The molecule has 2 amide bonds. The average molecular weight is 320 g/mol. The number of nitrogens with one attached hydrogen (secondary N) is 2. The molecule has 1 aliphatic rings. The fourth-order valence-corrected chi connectivity index (χ4v) is 2.79. The number of carbonyl (C=O) groups is 2. The summed E-state index contributed by atoms with van der Waals surface area (Å²) in [5, 5.41) is 2.84. The predicted molar refractivity (Wildman–Crippen MR) is 85.8 cm³/mol. The first-order chi connectivity index (χ1) is 10.8. The minimum absolute atomic E-state index is 0.0470. The predicted octanol–water partition coefficient (Wildman–Crippen LogP) is 0.242. The first kappa shape index (κ1) is 17.2. The van der Waals surface area contributed by atoms with Gasteiger partial charge in [0.2, 0.25) is 11.8 Å². The molecule has 126 valence electrons. The molecule has 0 saturated carbocycles. The molecule has 1 atom stereocenters. The molecule has 1 fully saturated rings. The molecule has 1 aromatic heterocycles. The Hall–Kier alpha value is -2.18. The van der Waals surface area contributed by atoms with Crippen molar-refractivity contribution in [2.75, 3.05) is 19.6 Å². The molecule has 1 aromatic rings. The summed E-state index contributed by atoms with van der Waals surface area (Å²) < 4.78 is 0. The second-order valence-corrected chi connectivity index (χ2v) is 6.46. The molecule has 1 aliphatic heterocycles. The molecule has 2 N–H and O–H groups in total. The number of nitrogens with zero attached hydrogens (tertiary/aromatic N) is 2. The largest absolute Gasteiger partial charge is 0.355 e. The zero-order chi connectivity index (χ0) is 17.0. The maximum atomic E-state index is 12.2. The van der Waals surface area contributed by atoms with Crippen LogP contribution >= 0.6 is 0 Å². The smallest absolute Gasteiger partial charge is 0.251 e. The monoisotopic (exact) mass is 320 g/mol. The van der Waals surface area contributed by atoms with Crippen LogP contribution in [0.15, 0.2) is 10.9 Å². The van der Waals surface area contributed by atoms with Crippen LogP contribution in [0.25, 0.3) is 0 Å². The number of rotatable bonds is 6. The summed E-state index contributed by atoms with van der Waals surface area (Å²) in [5.41, 5.74) is 0.458. The number of hydrogen-bond acceptors (Lipinski definition) is 4. The molecule has 0 aromatic carbocycles. The fraction of sp³-hybridized carbons (Fsp3) is 0.625. The Kier molecular flexibility index (Phi) is 5.52. The van der Waals surface area contributed by atoms with E-state index in [9.17, 15) is 14.4 Å². The summed E-state index contributed by atoms with van der Waals surface area (Å²) in [6, 6.07) is 1.43. The third kappa shape index (κ3) is 4.91. The Morgan fingerprint density at radius 3 is 2.87 bits per heavy atom. The normalized spacial score (nSPS) is 17.8. The van der Waals surface area contributed by atoms with Crippen LogP contribution in [0.5, 0.6) is 0 Å². The number of likely N-dealkylation sites (tertiary alicyclic amines) is 1. The van der Waals surface area contributed by atoms with Gasteiger partial charge in [-0.25, -0.2) is 4.98 Å². The highest BCUT2D eigenvalue weighted by atomic mass is 16.2. The van der Waals surface area contributed by atoms with Crippen molar-refractivity contribution in [3.63, 3.8) is 0 Å². The van der Waals surface area contributed by atoms with Crippen LogP contribution in [0.4, 0.5) is 0 Å². The molecule has 7 nitrogen and oxygen atoms in total. The SMILES string of the molecule is Cc1nc(CCNC(=O)[C@H]2CC(=O)N(CC(C)C)C2)cc(=O)[nH]1. The van der Waals surface area contributed by atoms with Crippen molar-refractivity contribution < 1.29 is 9.59 Å². The molecular weight excluding hydrogens is 296 g/mol. The minimum atomic E-state index is -0.282. The van der Waals surface area contributed by atoms with E-state index in [-0.39, 0.29) is 29.7 Å². The number of amides is 2. The zero-order valence-electron chi connectivity index (χ0n) is 13.9. The van der Waals surface area contributed by atoms with Crippen molar-refractivity contribution in [3.05, 3.63) is 27.9 Å². The molecule has 0 radical (unpaired) electrons. The summed E-state index contributed by atoms with van der Waals surface area (Å²) in [6.07, 6.45) is 0.772. The maximum Gasteiger partial charge on any atom is 0.251 e. The quantitative estimate of drug-likeness (QED) is 0.785. The lowest BCUT2D eigenvalue weighted by atomic mass is 10.1. The lowest BCUT2D eigenvalue weighted by Crippen LogP contribution is -2.35. The van der Waals surface area contributed by atoms with Gasteiger partial charge in [-0.15, -0.1) is 0 Å². The van der Waals surface area contributed by atoms with Gasteiger partial charge in [-0.05, 0) is 12.8 Å². The van der Waals surface area contributed by atoms with Gasteiger partial charge in [0.1, 0.15) is 5.82 Å². The van der Waals surface area contributed by atoms with Crippen LogP contribution < -0.4 is 10.9 Å². The van der Waals surface area contributed by atoms with E-state index in [0.29, 0.717) is 43.5 Å². The first-order valence-electron chi connectivity index (χ1n) is 7.97. The molecule has 0 unspecified atom stereocenters. The number of carbonyl (C=O) groups excluding carboxylic acids is 2. The van der Waals surface area contributed by atoms with E-state index < -0.39 is 0 Å². The second kappa shape index (κ2) is 7.39. The summed E-state index contributed by atoms with van der Waals surface area (Å²) in [6.45, 7) is 7.42. The van der Waals surface area contributed by atoms with Crippen LogP contribution in [0.1, 0.15) is 31.8 Å². The Bertz CT molecular complexity index is 638. The molecule has 0 aliphatic carbocycles. The highest BCUT2D eigenvalue weighted by molar-refractivity contribution is 5.89. The molecule has 2 heterocycles. The van der Waals surface area contributed by atoms with E-state index >= 15 is 0 Å². The lowest BCUT2D eigenvalue weighted by Gasteiger charge is -2.18. The zero-order valence-corrected chi connectivity index (χ0v) is 13.9. The molecule has 1 saturated heterocycles. The van der Waals surface area contributed by atoms with Crippen LogP contribution in [0, 0.1) is 18.8 Å². The number of H-pyrrole nitrogens is 1. The number of aromatic amines is 1. The van der Waals surface area contributed by atoms with Gasteiger partial charge in [0.15, 0.2) is 0 Å². The fourth-order valence-electron chi connectivity index (χ4n) is 2.79. The van der Waals surface area contributed by atoms with E-state index in [1.54, 1.807) is 11.8 Å². The Morgan fingerprint density at radius 2 is 2.22 bits per heavy atom. The topological polar surface area (TPSA) is 95.2 Å². The third-order valence-electron chi connectivity index (χ3n) is 3.76. The van der Waals surface area contributed by atoms with Crippen molar-refractivity contribution in [3.8, 4) is 0 Å².